The number of thiophene rings is 1. The molecule has 2 heterocycles. The molecule has 2 aromatic heterocycles. The highest BCUT2D eigenvalue weighted by atomic mass is 35.5. The van der Waals surface area contributed by atoms with Gasteiger partial charge in [-0.25, -0.2) is 9.37 Å². The molecule has 0 bridgehead atoms. The van der Waals surface area contributed by atoms with Gasteiger partial charge in [0.05, 0.1) is 10.2 Å². The second kappa shape index (κ2) is 7.90. The lowest BCUT2D eigenvalue weighted by atomic mass is 10.2. The smallest absolute Gasteiger partial charge is 0.229 e. The van der Waals surface area contributed by atoms with Crippen molar-refractivity contribution in [3.8, 4) is 0 Å². The number of hydrogen-bond acceptors (Lipinski definition) is 5. The Labute approximate surface area is 167 Å². The molecule has 0 unspecified atom stereocenters. The summed E-state index contributed by atoms with van der Waals surface area (Å²) in [5.41, 5.74) is 3.51. The zero-order valence-electron chi connectivity index (χ0n) is 14.8. The van der Waals surface area contributed by atoms with Crippen LogP contribution in [-0.4, -0.2) is 17.0 Å². The van der Waals surface area contributed by atoms with E-state index in [1.807, 2.05) is 60.6 Å². The average molecular weight is 401 g/mol. The SMILES string of the molecule is Cc1cc(F)ccc1Nc1nc(N(C)c2ccccc2)c2sccc2n1.Cl. The van der Waals surface area contributed by atoms with E-state index in [0.717, 1.165) is 33.0 Å². The van der Waals surface area contributed by atoms with Crippen LogP contribution in [0.15, 0.2) is 60.0 Å². The van der Waals surface area contributed by atoms with Crippen LogP contribution in [0.2, 0.25) is 0 Å². The monoisotopic (exact) mass is 400 g/mol. The lowest BCUT2D eigenvalue weighted by Crippen LogP contribution is -2.12. The molecule has 0 saturated heterocycles. The summed E-state index contributed by atoms with van der Waals surface area (Å²) >= 11 is 1.61. The molecule has 2 aromatic carbocycles. The lowest BCUT2D eigenvalue weighted by molar-refractivity contribution is 0.627. The van der Waals surface area contributed by atoms with Crippen LogP contribution in [0.1, 0.15) is 5.56 Å². The van der Waals surface area contributed by atoms with Gasteiger partial charge in [-0.3, -0.25) is 0 Å². The van der Waals surface area contributed by atoms with Crippen LogP contribution >= 0.6 is 23.7 Å². The molecule has 4 nitrogen and oxygen atoms in total. The van der Waals surface area contributed by atoms with Gasteiger partial charge in [-0.05, 0) is 54.3 Å². The van der Waals surface area contributed by atoms with Gasteiger partial charge in [0.25, 0.3) is 0 Å². The molecule has 1 N–H and O–H groups in total. The van der Waals surface area contributed by atoms with Gasteiger partial charge in [0.2, 0.25) is 5.95 Å². The standard InChI is InChI=1S/C20H17FN4S.ClH/c1-13-12-14(21)8-9-16(13)22-20-23-17-10-11-26-18(17)19(24-20)25(2)15-6-4-3-5-7-15;/h3-12H,1-2H3,(H,22,23,24);1H. The van der Waals surface area contributed by atoms with Gasteiger partial charge in [-0.1, -0.05) is 18.2 Å². The largest absolute Gasteiger partial charge is 0.328 e. The van der Waals surface area contributed by atoms with Crippen molar-refractivity contribution in [1.82, 2.24) is 9.97 Å². The zero-order chi connectivity index (χ0) is 18.1. The fourth-order valence-electron chi connectivity index (χ4n) is 2.79. The maximum atomic E-state index is 13.3. The number of aryl methyl sites for hydroxylation is 1. The molecule has 27 heavy (non-hydrogen) atoms. The van der Waals surface area contributed by atoms with Gasteiger partial charge < -0.3 is 10.2 Å². The van der Waals surface area contributed by atoms with E-state index in [1.54, 1.807) is 17.4 Å². The number of para-hydroxylation sites is 1. The number of anilines is 4. The number of aromatic nitrogens is 2. The lowest BCUT2D eigenvalue weighted by Gasteiger charge is -2.20. The van der Waals surface area contributed by atoms with Crippen LogP contribution in [0, 0.1) is 12.7 Å². The molecular formula is C20H18ClFN4S. The third-order valence-electron chi connectivity index (χ3n) is 4.18. The molecule has 0 aliphatic rings. The van der Waals surface area contributed by atoms with Crippen molar-refractivity contribution in [3.05, 3.63) is 71.4 Å². The molecule has 0 radical (unpaired) electrons. The van der Waals surface area contributed by atoms with Crippen molar-refractivity contribution < 1.29 is 4.39 Å². The van der Waals surface area contributed by atoms with E-state index in [-0.39, 0.29) is 18.2 Å². The van der Waals surface area contributed by atoms with Gasteiger partial charge in [0, 0.05) is 18.4 Å². The Bertz CT molecular complexity index is 1070. The molecule has 0 aliphatic carbocycles. The predicted molar refractivity (Wildman–Crippen MR) is 114 cm³/mol. The first-order valence-corrected chi connectivity index (χ1v) is 9.07. The number of fused-ring (bicyclic) bond motifs is 1. The second-order valence-corrected chi connectivity index (χ2v) is 6.90. The summed E-state index contributed by atoms with van der Waals surface area (Å²) in [5.74, 6) is 1.06. The van der Waals surface area contributed by atoms with E-state index in [2.05, 4.69) is 10.3 Å². The fraction of sp³-hybridized carbons (Fsp3) is 0.100. The van der Waals surface area contributed by atoms with E-state index in [0.29, 0.717) is 5.95 Å². The number of hydrogen-bond donors (Lipinski definition) is 1. The van der Waals surface area contributed by atoms with Crippen molar-refractivity contribution in [3.63, 3.8) is 0 Å². The summed E-state index contributed by atoms with van der Waals surface area (Å²) < 4.78 is 14.4. The van der Waals surface area contributed by atoms with Gasteiger partial charge in [0.15, 0.2) is 5.82 Å². The number of rotatable bonds is 4. The molecule has 4 rings (SSSR count). The summed E-state index contributed by atoms with van der Waals surface area (Å²) in [5, 5.41) is 5.23. The van der Waals surface area contributed by atoms with Crippen molar-refractivity contribution in [1.29, 1.82) is 0 Å². The Balaban J connectivity index is 0.00000210. The van der Waals surface area contributed by atoms with Crippen LogP contribution in [0.3, 0.4) is 0 Å². The number of halogens is 2. The van der Waals surface area contributed by atoms with Crippen LogP contribution in [0.25, 0.3) is 10.2 Å². The molecule has 4 aromatic rings. The van der Waals surface area contributed by atoms with Gasteiger partial charge in [-0.15, -0.1) is 23.7 Å². The van der Waals surface area contributed by atoms with E-state index in [4.69, 9.17) is 4.98 Å². The highest BCUT2D eigenvalue weighted by molar-refractivity contribution is 7.17. The number of nitrogens with zero attached hydrogens (tertiary/aromatic N) is 3. The van der Waals surface area contributed by atoms with Crippen molar-refractivity contribution in [2.45, 2.75) is 6.92 Å². The highest BCUT2D eigenvalue weighted by Gasteiger charge is 2.15. The van der Waals surface area contributed by atoms with E-state index < -0.39 is 0 Å². The predicted octanol–water partition coefficient (Wildman–Crippen LogP) is 6.07. The minimum Gasteiger partial charge on any atom is -0.328 e. The molecule has 138 valence electrons. The molecule has 0 atom stereocenters. The Morgan fingerprint density at radius 1 is 1.04 bits per heavy atom. The van der Waals surface area contributed by atoms with Crippen LogP contribution in [0.5, 0.6) is 0 Å². The van der Waals surface area contributed by atoms with E-state index >= 15 is 0 Å². The Hall–Kier alpha value is -2.70. The maximum Gasteiger partial charge on any atom is 0.229 e. The van der Waals surface area contributed by atoms with Gasteiger partial charge >= 0.3 is 0 Å². The van der Waals surface area contributed by atoms with Gasteiger partial charge in [0.1, 0.15) is 5.82 Å². The first kappa shape index (κ1) is 19.1. The Morgan fingerprint density at radius 2 is 1.81 bits per heavy atom. The van der Waals surface area contributed by atoms with E-state index in [9.17, 15) is 4.39 Å². The molecular weight excluding hydrogens is 383 g/mol. The highest BCUT2D eigenvalue weighted by Crippen LogP contribution is 2.33. The molecule has 0 saturated carbocycles. The van der Waals surface area contributed by atoms with Gasteiger partial charge in [-0.2, -0.15) is 4.98 Å². The Morgan fingerprint density at radius 3 is 2.56 bits per heavy atom. The van der Waals surface area contributed by atoms with Crippen molar-refractivity contribution in [2.24, 2.45) is 0 Å². The summed E-state index contributed by atoms with van der Waals surface area (Å²) in [4.78, 5) is 11.4. The topological polar surface area (TPSA) is 41.1 Å². The summed E-state index contributed by atoms with van der Waals surface area (Å²) in [6, 6.07) is 16.7. The Kier molecular flexibility index (Phi) is 5.58. The molecule has 0 amide bonds. The van der Waals surface area contributed by atoms with Crippen LogP contribution in [-0.2, 0) is 0 Å². The fourth-order valence-corrected chi connectivity index (χ4v) is 3.65. The minimum atomic E-state index is -0.258. The zero-order valence-corrected chi connectivity index (χ0v) is 16.4. The number of nitrogens with one attached hydrogen (secondary N) is 1. The molecule has 7 heteroatoms. The third kappa shape index (κ3) is 3.86. The maximum absolute atomic E-state index is 13.3. The normalized spacial score (nSPS) is 10.5. The quantitative estimate of drug-likeness (QED) is 0.451. The first-order valence-electron chi connectivity index (χ1n) is 8.19. The molecule has 0 spiro atoms. The third-order valence-corrected chi connectivity index (χ3v) is 5.08. The minimum absolute atomic E-state index is 0. The van der Waals surface area contributed by atoms with Crippen molar-refractivity contribution in [2.75, 3.05) is 17.3 Å². The summed E-state index contributed by atoms with van der Waals surface area (Å²) in [6.07, 6.45) is 0. The van der Waals surface area contributed by atoms with Crippen molar-refractivity contribution >= 4 is 57.1 Å². The average Bonchev–Trinajstić information content (AvgIpc) is 3.12. The van der Waals surface area contributed by atoms with Crippen LogP contribution in [0.4, 0.5) is 27.5 Å². The molecule has 0 fully saturated rings. The summed E-state index contributed by atoms with van der Waals surface area (Å²) in [7, 11) is 1.99. The first-order chi connectivity index (χ1) is 12.6. The van der Waals surface area contributed by atoms with Crippen LogP contribution < -0.4 is 10.2 Å². The second-order valence-electron chi connectivity index (χ2n) is 5.98. The number of benzene rings is 2. The summed E-state index contributed by atoms with van der Waals surface area (Å²) in [6.45, 7) is 1.85. The molecule has 0 aliphatic heterocycles. The van der Waals surface area contributed by atoms with E-state index in [1.165, 1.54) is 12.1 Å².